The number of hydrogen-bond acceptors (Lipinski definition) is 6. The number of carbonyl (C=O) groups excluding carboxylic acids is 2. The van der Waals surface area contributed by atoms with E-state index >= 15 is 0 Å². The van der Waals surface area contributed by atoms with Gasteiger partial charge >= 0.3 is 0 Å². The Morgan fingerprint density at radius 2 is 1.76 bits per heavy atom. The molecule has 10 heteroatoms. The Hall–Kier alpha value is -2.95. The number of rotatable bonds is 4. The van der Waals surface area contributed by atoms with Gasteiger partial charge < -0.3 is 19.3 Å². The van der Waals surface area contributed by atoms with Gasteiger partial charge in [-0.1, -0.05) is 36.2 Å². The molecule has 0 aromatic heterocycles. The molecule has 222 valence electrons. The van der Waals surface area contributed by atoms with Gasteiger partial charge in [0.05, 0.1) is 36.3 Å². The van der Waals surface area contributed by atoms with E-state index in [2.05, 4.69) is 4.72 Å². The number of nitrogens with one attached hydrogen (secondary N) is 1. The molecule has 1 atom stereocenters. The van der Waals surface area contributed by atoms with Crippen LogP contribution >= 0.6 is 0 Å². The molecule has 1 N–H and O–H groups in total. The van der Waals surface area contributed by atoms with Crippen LogP contribution in [0.4, 0.5) is 0 Å². The van der Waals surface area contributed by atoms with Gasteiger partial charge in [-0.15, -0.1) is 0 Å². The topological polar surface area (TPSA) is 105 Å². The highest BCUT2D eigenvalue weighted by atomic mass is 32.2. The number of hydrogen-bond donors (Lipinski definition) is 1. The van der Waals surface area contributed by atoms with Crippen molar-refractivity contribution in [3.8, 4) is 5.75 Å². The lowest BCUT2D eigenvalue weighted by Gasteiger charge is -2.42. The van der Waals surface area contributed by atoms with Crippen LogP contribution in [0.3, 0.4) is 0 Å². The molecule has 9 nitrogen and oxygen atoms in total. The van der Waals surface area contributed by atoms with Gasteiger partial charge in [0.2, 0.25) is 15.9 Å². The van der Waals surface area contributed by atoms with E-state index < -0.39 is 10.0 Å². The number of ether oxygens (including phenoxy) is 2. The standard InChI is InChI=1S/C31H41N3O6S/c1-24-10-12-26(13-11-24)41(37,38)32-21-29(35)33-18-15-31(16-19-33)14-4-5-20-39-22-25-7-6-17-34(25)30(36)27-8-2-3-9-28(27)40-23-31/h2-3,8-13,25,32H,4-7,14-23H2,1H3/t25-/m0/s1. The molecule has 1 spiro atoms. The van der Waals surface area contributed by atoms with Crippen LogP contribution in [0.15, 0.2) is 53.4 Å². The maximum absolute atomic E-state index is 13.5. The lowest BCUT2D eigenvalue weighted by atomic mass is 9.75. The highest BCUT2D eigenvalue weighted by molar-refractivity contribution is 7.89. The van der Waals surface area contributed by atoms with Gasteiger partial charge in [0.1, 0.15) is 5.75 Å². The molecule has 0 aliphatic carbocycles. The fourth-order valence-corrected chi connectivity index (χ4v) is 7.10. The number of likely N-dealkylation sites (tertiary alicyclic amines) is 1. The molecule has 2 amide bonds. The van der Waals surface area contributed by atoms with Crippen LogP contribution < -0.4 is 9.46 Å². The van der Waals surface area contributed by atoms with Gasteiger partial charge in [0, 0.05) is 31.7 Å². The van der Waals surface area contributed by atoms with Crippen LogP contribution in [-0.2, 0) is 19.6 Å². The van der Waals surface area contributed by atoms with Crippen LogP contribution in [0.1, 0.15) is 60.9 Å². The van der Waals surface area contributed by atoms with Crippen LogP contribution in [-0.4, -0.2) is 82.1 Å². The minimum absolute atomic E-state index is 0.00804. The molecule has 3 aliphatic rings. The summed E-state index contributed by atoms with van der Waals surface area (Å²) in [6, 6.07) is 14.1. The molecule has 0 saturated carbocycles. The van der Waals surface area contributed by atoms with Crippen molar-refractivity contribution in [1.82, 2.24) is 14.5 Å². The van der Waals surface area contributed by atoms with Crippen molar-refractivity contribution >= 4 is 21.8 Å². The minimum atomic E-state index is -3.76. The highest BCUT2D eigenvalue weighted by Gasteiger charge is 2.37. The first-order valence-electron chi connectivity index (χ1n) is 14.7. The molecule has 2 fully saturated rings. The fourth-order valence-electron chi connectivity index (χ4n) is 6.12. The zero-order valence-electron chi connectivity index (χ0n) is 23.8. The number of fused-ring (bicyclic) bond motifs is 2. The molecular weight excluding hydrogens is 542 g/mol. The van der Waals surface area contributed by atoms with Gasteiger partial charge in [0.25, 0.3) is 5.91 Å². The number of sulfonamides is 1. The Morgan fingerprint density at radius 3 is 2.54 bits per heavy atom. The first-order chi connectivity index (χ1) is 19.8. The second-order valence-corrected chi connectivity index (χ2v) is 13.4. The average Bonchev–Trinajstić information content (AvgIpc) is 3.45. The summed E-state index contributed by atoms with van der Waals surface area (Å²) >= 11 is 0. The Labute approximate surface area is 243 Å². The second-order valence-electron chi connectivity index (χ2n) is 11.6. The van der Waals surface area contributed by atoms with E-state index in [1.54, 1.807) is 29.2 Å². The summed E-state index contributed by atoms with van der Waals surface area (Å²) in [5.74, 6) is 0.359. The molecule has 5 rings (SSSR count). The van der Waals surface area contributed by atoms with Crippen molar-refractivity contribution in [1.29, 1.82) is 0 Å². The summed E-state index contributed by atoms with van der Waals surface area (Å²) in [6.45, 7) is 5.09. The lowest BCUT2D eigenvalue weighted by molar-refractivity contribution is -0.132. The number of benzene rings is 2. The van der Waals surface area contributed by atoms with Crippen LogP contribution in [0.5, 0.6) is 5.75 Å². The third-order valence-corrected chi connectivity index (χ3v) is 10.2. The summed E-state index contributed by atoms with van der Waals surface area (Å²) in [4.78, 5) is 30.3. The van der Waals surface area contributed by atoms with E-state index in [0.717, 1.165) is 57.1 Å². The third-order valence-electron chi connectivity index (χ3n) is 8.77. The lowest BCUT2D eigenvalue weighted by Crippen LogP contribution is -2.48. The van der Waals surface area contributed by atoms with Crippen molar-refractivity contribution < 1.29 is 27.5 Å². The van der Waals surface area contributed by atoms with Gasteiger partial charge in [-0.25, -0.2) is 13.1 Å². The number of nitrogens with zero attached hydrogens (tertiary/aromatic N) is 2. The first-order valence-corrected chi connectivity index (χ1v) is 16.2. The molecular formula is C31H41N3O6S. The quantitative estimate of drug-likeness (QED) is 0.588. The molecule has 3 aliphatic heterocycles. The molecule has 0 radical (unpaired) electrons. The minimum Gasteiger partial charge on any atom is -0.492 e. The Balaban J connectivity index is 1.23. The number of carbonyl (C=O) groups is 2. The van der Waals surface area contributed by atoms with Crippen molar-refractivity contribution in [3.63, 3.8) is 0 Å². The molecule has 2 saturated heterocycles. The number of para-hydroxylation sites is 1. The molecule has 2 aromatic carbocycles. The summed E-state index contributed by atoms with van der Waals surface area (Å²) < 4.78 is 40.2. The van der Waals surface area contributed by atoms with E-state index in [1.165, 1.54) is 0 Å². The van der Waals surface area contributed by atoms with Crippen molar-refractivity contribution in [2.75, 3.05) is 46.0 Å². The molecule has 0 unspecified atom stereocenters. The zero-order valence-corrected chi connectivity index (χ0v) is 24.7. The van der Waals surface area contributed by atoms with Crippen molar-refractivity contribution in [2.45, 2.75) is 62.8 Å². The third kappa shape index (κ3) is 7.10. The zero-order chi connectivity index (χ0) is 28.9. The Kier molecular flexibility index (Phi) is 9.31. The van der Waals surface area contributed by atoms with E-state index in [0.29, 0.717) is 44.2 Å². The van der Waals surface area contributed by atoms with Gasteiger partial charge in [-0.3, -0.25) is 9.59 Å². The van der Waals surface area contributed by atoms with Crippen molar-refractivity contribution in [3.05, 3.63) is 59.7 Å². The maximum atomic E-state index is 13.5. The maximum Gasteiger partial charge on any atom is 0.257 e. The van der Waals surface area contributed by atoms with Crippen LogP contribution in [0, 0.1) is 12.3 Å². The molecule has 41 heavy (non-hydrogen) atoms. The summed E-state index contributed by atoms with van der Waals surface area (Å²) in [5.41, 5.74) is 1.40. The monoisotopic (exact) mass is 583 g/mol. The van der Waals surface area contributed by atoms with Gasteiger partial charge in [-0.2, -0.15) is 0 Å². The SMILES string of the molecule is Cc1ccc(S(=O)(=O)NCC(=O)N2CCC3(CCCCOC[C@@H]4CCCN4C(=O)c4ccccc4OC3)CC2)cc1. The van der Waals surface area contributed by atoms with E-state index in [9.17, 15) is 18.0 Å². The average molecular weight is 584 g/mol. The molecule has 2 aromatic rings. The number of amides is 2. The largest absolute Gasteiger partial charge is 0.492 e. The number of piperidine rings is 1. The van der Waals surface area contributed by atoms with E-state index in [1.807, 2.05) is 36.1 Å². The number of aryl methyl sites for hydroxylation is 1. The van der Waals surface area contributed by atoms with Crippen LogP contribution in [0.2, 0.25) is 0 Å². The van der Waals surface area contributed by atoms with E-state index in [4.69, 9.17) is 9.47 Å². The second kappa shape index (κ2) is 12.9. The molecule has 3 heterocycles. The predicted octanol–water partition coefficient (Wildman–Crippen LogP) is 3.77. The van der Waals surface area contributed by atoms with Crippen LogP contribution in [0.25, 0.3) is 0 Å². The predicted molar refractivity (Wildman–Crippen MR) is 155 cm³/mol. The first kappa shape index (κ1) is 29.5. The fraction of sp³-hybridized carbons (Fsp3) is 0.548. The van der Waals surface area contributed by atoms with Crippen molar-refractivity contribution in [2.24, 2.45) is 5.41 Å². The smallest absolute Gasteiger partial charge is 0.257 e. The summed E-state index contributed by atoms with van der Waals surface area (Å²) in [5, 5.41) is 0. The van der Waals surface area contributed by atoms with E-state index in [-0.39, 0.29) is 34.7 Å². The Morgan fingerprint density at radius 1 is 1.00 bits per heavy atom. The van der Waals surface area contributed by atoms with Gasteiger partial charge in [0.15, 0.2) is 0 Å². The highest BCUT2D eigenvalue weighted by Crippen LogP contribution is 2.38. The molecule has 0 bridgehead atoms. The summed E-state index contributed by atoms with van der Waals surface area (Å²) in [7, 11) is -3.76. The normalized spacial score (nSPS) is 22.0. The summed E-state index contributed by atoms with van der Waals surface area (Å²) in [6.07, 6.45) is 6.29. The van der Waals surface area contributed by atoms with Gasteiger partial charge in [-0.05, 0) is 69.7 Å². The Bertz CT molecular complexity index is 1320.